The smallest absolute Gasteiger partial charge is 0.226 e. The van der Waals surface area contributed by atoms with E-state index in [0.29, 0.717) is 5.91 Å². The normalized spacial score (nSPS) is 27.8. The van der Waals surface area contributed by atoms with Crippen LogP contribution in [0.25, 0.3) is 0 Å². The van der Waals surface area contributed by atoms with Crippen molar-refractivity contribution in [2.45, 2.75) is 50.9 Å². The van der Waals surface area contributed by atoms with Crippen molar-refractivity contribution >= 4 is 17.2 Å². The van der Waals surface area contributed by atoms with E-state index in [4.69, 9.17) is 0 Å². The third-order valence-corrected chi connectivity index (χ3v) is 7.15. The Balaban J connectivity index is 1.30. The molecule has 0 bridgehead atoms. The predicted molar refractivity (Wildman–Crippen MR) is 90.3 cm³/mol. The van der Waals surface area contributed by atoms with Crippen LogP contribution >= 0.6 is 11.3 Å². The van der Waals surface area contributed by atoms with E-state index in [-0.39, 0.29) is 5.41 Å². The van der Waals surface area contributed by atoms with Gasteiger partial charge in [-0.25, -0.2) is 0 Å². The zero-order valence-electron chi connectivity index (χ0n) is 13.3. The molecule has 2 saturated heterocycles. The Morgan fingerprint density at radius 1 is 1.32 bits per heavy atom. The molecule has 3 nitrogen and oxygen atoms in total. The molecular formula is C18H26N2OS. The van der Waals surface area contributed by atoms with E-state index in [0.717, 1.165) is 44.8 Å². The Hall–Kier alpha value is -0.870. The Labute approximate surface area is 137 Å². The Morgan fingerprint density at radius 3 is 2.95 bits per heavy atom. The van der Waals surface area contributed by atoms with E-state index in [9.17, 15) is 4.79 Å². The van der Waals surface area contributed by atoms with Gasteiger partial charge in [0, 0.05) is 11.4 Å². The van der Waals surface area contributed by atoms with Crippen molar-refractivity contribution in [2.24, 2.45) is 5.41 Å². The van der Waals surface area contributed by atoms with Crippen molar-refractivity contribution in [1.82, 2.24) is 10.2 Å². The van der Waals surface area contributed by atoms with Gasteiger partial charge < -0.3 is 10.2 Å². The number of hydrogen-bond donors (Lipinski definition) is 1. The number of hydrogen-bond acceptors (Lipinski definition) is 3. The highest BCUT2D eigenvalue weighted by atomic mass is 32.1. The number of amides is 1. The lowest BCUT2D eigenvalue weighted by Crippen LogP contribution is -2.44. The molecule has 1 spiro atoms. The summed E-state index contributed by atoms with van der Waals surface area (Å²) in [6, 6.07) is 2.36. The van der Waals surface area contributed by atoms with Crippen LogP contribution in [-0.2, 0) is 11.2 Å². The van der Waals surface area contributed by atoms with Crippen molar-refractivity contribution in [3.8, 4) is 0 Å². The zero-order chi connectivity index (χ0) is 15.0. The molecule has 3 heterocycles. The SMILES string of the molecule is O=C1NCCC12CCN(CCC1CCCc3sccc31)CC2. The van der Waals surface area contributed by atoms with Gasteiger partial charge in [-0.05, 0) is 87.5 Å². The molecule has 1 atom stereocenters. The zero-order valence-corrected chi connectivity index (χ0v) is 14.1. The minimum absolute atomic E-state index is 0.0120. The molecule has 22 heavy (non-hydrogen) atoms. The van der Waals surface area contributed by atoms with Crippen LogP contribution in [0.1, 0.15) is 54.9 Å². The van der Waals surface area contributed by atoms with Gasteiger partial charge >= 0.3 is 0 Å². The number of thiophene rings is 1. The molecule has 0 saturated carbocycles. The van der Waals surface area contributed by atoms with Crippen LogP contribution < -0.4 is 5.32 Å². The summed E-state index contributed by atoms with van der Waals surface area (Å²) in [4.78, 5) is 16.3. The molecule has 4 heteroatoms. The topological polar surface area (TPSA) is 32.3 Å². The maximum absolute atomic E-state index is 12.0. The summed E-state index contributed by atoms with van der Waals surface area (Å²) in [5.74, 6) is 1.10. The number of rotatable bonds is 3. The Morgan fingerprint density at radius 2 is 2.18 bits per heavy atom. The lowest BCUT2D eigenvalue weighted by atomic mass is 9.77. The fraction of sp³-hybridized carbons (Fsp3) is 0.722. The molecule has 0 radical (unpaired) electrons. The van der Waals surface area contributed by atoms with Crippen LogP contribution in [0.5, 0.6) is 0 Å². The summed E-state index contributed by atoms with van der Waals surface area (Å²) in [6.07, 6.45) is 8.50. The Kier molecular flexibility index (Phi) is 3.99. The number of carbonyl (C=O) groups excluding carboxylic acids is 1. The third kappa shape index (κ3) is 2.61. The number of piperidine rings is 1. The first-order valence-electron chi connectivity index (χ1n) is 8.84. The summed E-state index contributed by atoms with van der Waals surface area (Å²) in [5, 5.41) is 5.30. The van der Waals surface area contributed by atoms with Gasteiger partial charge in [-0.1, -0.05) is 0 Å². The minimum Gasteiger partial charge on any atom is -0.356 e. The highest BCUT2D eigenvalue weighted by Crippen LogP contribution is 2.39. The number of aryl methyl sites for hydroxylation is 1. The first-order valence-corrected chi connectivity index (χ1v) is 9.72. The molecule has 2 fully saturated rings. The second-order valence-electron chi connectivity index (χ2n) is 7.30. The van der Waals surface area contributed by atoms with Gasteiger partial charge in [-0.2, -0.15) is 0 Å². The fourth-order valence-corrected chi connectivity index (χ4v) is 5.63. The Bertz CT molecular complexity index is 545. The third-order valence-electron chi connectivity index (χ3n) is 6.15. The van der Waals surface area contributed by atoms with Crippen molar-refractivity contribution in [2.75, 3.05) is 26.2 Å². The number of fused-ring (bicyclic) bond motifs is 1. The van der Waals surface area contributed by atoms with Gasteiger partial charge in [0.1, 0.15) is 0 Å². The van der Waals surface area contributed by atoms with Gasteiger partial charge in [0.25, 0.3) is 0 Å². The highest BCUT2D eigenvalue weighted by Gasteiger charge is 2.44. The van der Waals surface area contributed by atoms with Crippen LogP contribution in [0.4, 0.5) is 0 Å². The molecule has 1 aromatic heterocycles. The first-order chi connectivity index (χ1) is 10.8. The summed E-state index contributed by atoms with van der Waals surface area (Å²) in [5.41, 5.74) is 1.63. The molecular weight excluding hydrogens is 292 g/mol. The van der Waals surface area contributed by atoms with Gasteiger partial charge in [0.2, 0.25) is 5.91 Å². The molecule has 1 N–H and O–H groups in total. The predicted octanol–water partition coefficient (Wildman–Crippen LogP) is 3.16. The average Bonchev–Trinajstić information content (AvgIpc) is 3.15. The largest absolute Gasteiger partial charge is 0.356 e. The van der Waals surface area contributed by atoms with Crippen LogP contribution in [0.3, 0.4) is 0 Å². The quantitative estimate of drug-likeness (QED) is 0.928. The number of nitrogens with one attached hydrogen (secondary N) is 1. The van der Waals surface area contributed by atoms with E-state index < -0.39 is 0 Å². The second kappa shape index (κ2) is 5.97. The molecule has 120 valence electrons. The summed E-state index contributed by atoms with van der Waals surface area (Å²) >= 11 is 1.95. The molecule has 0 aromatic carbocycles. The van der Waals surface area contributed by atoms with Gasteiger partial charge in [-0.15, -0.1) is 11.3 Å². The molecule has 2 aliphatic heterocycles. The van der Waals surface area contributed by atoms with E-state index >= 15 is 0 Å². The molecule has 1 aromatic rings. The molecule has 1 amide bonds. The molecule has 1 unspecified atom stereocenters. The van der Waals surface area contributed by atoms with E-state index in [1.165, 1.54) is 32.2 Å². The second-order valence-corrected chi connectivity index (χ2v) is 8.31. The van der Waals surface area contributed by atoms with Gasteiger partial charge in [0.15, 0.2) is 0 Å². The van der Waals surface area contributed by atoms with Crippen molar-refractivity contribution in [1.29, 1.82) is 0 Å². The summed E-state index contributed by atoms with van der Waals surface area (Å²) < 4.78 is 0. The van der Waals surface area contributed by atoms with Crippen LogP contribution in [0, 0.1) is 5.41 Å². The number of nitrogens with zero attached hydrogens (tertiary/aromatic N) is 1. The van der Waals surface area contributed by atoms with Gasteiger partial charge in [-0.3, -0.25) is 4.79 Å². The van der Waals surface area contributed by atoms with E-state index in [2.05, 4.69) is 21.7 Å². The monoisotopic (exact) mass is 318 g/mol. The average molecular weight is 318 g/mol. The number of carbonyl (C=O) groups is 1. The van der Waals surface area contributed by atoms with Crippen LogP contribution in [0.15, 0.2) is 11.4 Å². The van der Waals surface area contributed by atoms with E-state index in [1.807, 2.05) is 11.3 Å². The van der Waals surface area contributed by atoms with Crippen molar-refractivity contribution in [3.05, 3.63) is 21.9 Å². The molecule has 1 aliphatic carbocycles. The first kappa shape index (κ1) is 14.7. The lowest BCUT2D eigenvalue weighted by molar-refractivity contribution is -0.130. The molecule has 4 rings (SSSR count). The maximum Gasteiger partial charge on any atom is 0.226 e. The van der Waals surface area contributed by atoms with Crippen molar-refractivity contribution in [3.63, 3.8) is 0 Å². The minimum atomic E-state index is -0.0120. The number of likely N-dealkylation sites (tertiary alicyclic amines) is 1. The summed E-state index contributed by atoms with van der Waals surface area (Å²) in [6.45, 7) is 4.31. The lowest BCUT2D eigenvalue weighted by Gasteiger charge is -2.38. The maximum atomic E-state index is 12.0. The van der Waals surface area contributed by atoms with E-state index in [1.54, 1.807) is 10.4 Å². The standard InChI is InChI=1S/C18H26N2OS/c21-17-18(6-9-19-17)7-11-20(12-8-18)10-4-14-2-1-3-16-15(14)5-13-22-16/h5,13-14H,1-4,6-12H2,(H,19,21). The fourth-order valence-electron chi connectivity index (χ4n) is 4.62. The van der Waals surface area contributed by atoms with Gasteiger partial charge in [0.05, 0.1) is 5.41 Å². The van der Waals surface area contributed by atoms with Crippen LogP contribution in [-0.4, -0.2) is 37.0 Å². The van der Waals surface area contributed by atoms with Crippen molar-refractivity contribution < 1.29 is 4.79 Å². The van der Waals surface area contributed by atoms with Crippen LogP contribution in [0.2, 0.25) is 0 Å². The summed E-state index contributed by atoms with van der Waals surface area (Å²) in [7, 11) is 0. The highest BCUT2D eigenvalue weighted by molar-refractivity contribution is 7.10. The molecule has 3 aliphatic rings.